The SMILES string of the molecule is NCCCCCc1nc2cc(Cl)ccc2s1. The normalized spacial score (nSPS) is 11.1. The van der Waals surface area contributed by atoms with Gasteiger partial charge in [0.15, 0.2) is 0 Å². The molecule has 1 heterocycles. The second-order valence-corrected chi connectivity index (χ2v) is 5.37. The van der Waals surface area contributed by atoms with Crippen LogP contribution in [0.5, 0.6) is 0 Å². The molecule has 0 saturated heterocycles. The highest BCUT2D eigenvalue weighted by molar-refractivity contribution is 7.18. The minimum atomic E-state index is 0.757. The van der Waals surface area contributed by atoms with Crippen molar-refractivity contribution in [1.82, 2.24) is 4.98 Å². The van der Waals surface area contributed by atoms with Gasteiger partial charge in [-0.1, -0.05) is 18.0 Å². The van der Waals surface area contributed by atoms with Crippen LogP contribution >= 0.6 is 22.9 Å². The summed E-state index contributed by atoms with van der Waals surface area (Å²) in [5.41, 5.74) is 6.48. The van der Waals surface area contributed by atoms with Crippen molar-refractivity contribution in [2.24, 2.45) is 5.73 Å². The van der Waals surface area contributed by atoms with Crippen molar-refractivity contribution in [3.05, 3.63) is 28.2 Å². The van der Waals surface area contributed by atoms with Gasteiger partial charge in [0.05, 0.1) is 15.2 Å². The second kappa shape index (κ2) is 5.62. The number of thiazole rings is 1. The number of fused-ring (bicyclic) bond motifs is 1. The number of nitrogens with two attached hydrogens (primary N) is 1. The third kappa shape index (κ3) is 2.94. The first-order chi connectivity index (χ1) is 7.79. The van der Waals surface area contributed by atoms with Crippen molar-refractivity contribution in [1.29, 1.82) is 0 Å². The summed E-state index contributed by atoms with van der Waals surface area (Å²) < 4.78 is 1.22. The summed E-state index contributed by atoms with van der Waals surface area (Å²) in [5, 5.41) is 1.96. The molecule has 4 heteroatoms. The van der Waals surface area contributed by atoms with Gasteiger partial charge in [-0.15, -0.1) is 11.3 Å². The van der Waals surface area contributed by atoms with Crippen molar-refractivity contribution < 1.29 is 0 Å². The average Bonchev–Trinajstić information content (AvgIpc) is 2.66. The van der Waals surface area contributed by atoms with E-state index in [0.29, 0.717) is 0 Å². The Balaban J connectivity index is 2.02. The van der Waals surface area contributed by atoms with Crippen LogP contribution in [0.15, 0.2) is 18.2 Å². The smallest absolute Gasteiger partial charge is 0.0938 e. The van der Waals surface area contributed by atoms with E-state index in [-0.39, 0.29) is 0 Å². The zero-order valence-electron chi connectivity index (χ0n) is 9.08. The van der Waals surface area contributed by atoms with E-state index in [4.69, 9.17) is 17.3 Å². The zero-order chi connectivity index (χ0) is 11.4. The van der Waals surface area contributed by atoms with Crippen LogP contribution < -0.4 is 5.73 Å². The van der Waals surface area contributed by atoms with Crippen molar-refractivity contribution in [2.45, 2.75) is 25.7 Å². The fourth-order valence-corrected chi connectivity index (χ4v) is 2.81. The molecule has 2 aromatic rings. The van der Waals surface area contributed by atoms with Gasteiger partial charge in [0.25, 0.3) is 0 Å². The highest BCUT2D eigenvalue weighted by Gasteiger charge is 2.03. The van der Waals surface area contributed by atoms with Crippen molar-refractivity contribution in [2.75, 3.05) is 6.54 Å². The minimum absolute atomic E-state index is 0.757. The Morgan fingerprint density at radius 2 is 2.12 bits per heavy atom. The van der Waals surface area contributed by atoms with E-state index in [9.17, 15) is 0 Å². The molecule has 1 aromatic heterocycles. The largest absolute Gasteiger partial charge is 0.330 e. The molecule has 16 heavy (non-hydrogen) atoms. The van der Waals surface area contributed by atoms with Gasteiger partial charge in [-0.3, -0.25) is 0 Å². The highest BCUT2D eigenvalue weighted by Crippen LogP contribution is 2.25. The van der Waals surface area contributed by atoms with Crippen LogP contribution in [0.4, 0.5) is 0 Å². The monoisotopic (exact) mass is 254 g/mol. The first-order valence-corrected chi connectivity index (χ1v) is 6.74. The molecular formula is C12H15ClN2S. The molecule has 2 rings (SSSR count). The number of aromatic nitrogens is 1. The van der Waals surface area contributed by atoms with Crippen LogP contribution in [0, 0.1) is 0 Å². The van der Waals surface area contributed by atoms with Gasteiger partial charge >= 0.3 is 0 Å². The molecule has 0 atom stereocenters. The van der Waals surface area contributed by atoms with Gasteiger partial charge in [-0.05, 0) is 44.0 Å². The van der Waals surface area contributed by atoms with Crippen LogP contribution in [-0.4, -0.2) is 11.5 Å². The number of benzene rings is 1. The lowest BCUT2D eigenvalue weighted by atomic mass is 10.2. The van der Waals surface area contributed by atoms with Gasteiger partial charge < -0.3 is 5.73 Å². The van der Waals surface area contributed by atoms with Crippen LogP contribution in [0.3, 0.4) is 0 Å². The Morgan fingerprint density at radius 3 is 2.94 bits per heavy atom. The third-order valence-corrected chi connectivity index (χ3v) is 3.82. The maximum atomic E-state index is 5.92. The van der Waals surface area contributed by atoms with Gasteiger partial charge in [0.1, 0.15) is 0 Å². The van der Waals surface area contributed by atoms with E-state index in [2.05, 4.69) is 4.98 Å². The quantitative estimate of drug-likeness (QED) is 0.828. The molecule has 0 amide bonds. The summed E-state index contributed by atoms with van der Waals surface area (Å²) in [5.74, 6) is 0. The van der Waals surface area contributed by atoms with E-state index in [1.807, 2.05) is 18.2 Å². The molecule has 0 aliphatic rings. The summed E-state index contributed by atoms with van der Waals surface area (Å²) in [7, 11) is 0. The standard InChI is InChI=1S/C12H15ClN2S/c13-9-5-6-11-10(8-9)15-12(16-11)4-2-1-3-7-14/h5-6,8H,1-4,7,14H2. The molecule has 0 unspecified atom stereocenters. The lowest BCUT2D eigenvalue weighted by molar-refractivity contribution is 0.685. The minimum Gasteiger partial charge on any atom is -0.330 e. The maximum absolute atomic E-state index is 5.92. The van der Waals surface area contributed by atoms with Gasteiger partial charge in [-0.2, -0.15) is 0 Å². The number of nitrogens with zero attached hydrogens (tertiary/aromatic N) is 1. The Kier molecular flexibility index (Phi) is 4.16. The number of unbranched alkanes of at least 4 members (excludes halogenated alkanes) is 2. The van der Waals surface area contributed by atoms with Gasteiger partial charge in [-0.25, -0.2) is 4.98 Å². The van der Waals surface area contributed by atoms with Crippen LogP contribution in [0.25, 0.3) is 10.2 Å². The number of hydrogen-bond donors (Lipinski definition) is 1. The first kappa shape index (κ1) is 11.8. The molecule has 0 aliphatic carbocycles. The van der Waals surface area contributed by atoms with Crippen LogP contribution in [-0.2, 0) is 6.42 Å². The Morgan fingerprint density at radius 1 is 1.25 bits per heavy atom. The molecule has 0 spiro atoms. The highest BCUT2D eigenvalue weighted by atomic mass is 35.5. The second-order valence-electron chi connectivity index (χ2n) is 3.82. The van der Waals surface area contributed by atoms with Crippen molar-refractivity contribution in [3.63, 3.8) is 0 Å². The van der Waals surface area contributed by atoms with Crippen LogP contribution in [0.1, 0.15) is 24.3 Å². The molecule has 0 bridgehead atoms. The molecule has 1 aromatic carbocycles. The molecule has 0 fully saturated rings. The van der Waals surface area contributed by atoms with E-state index in [1.165, 1.54) is 22.5 Å². The Bertz CT molecular complexity index is 467. The average molecular weight is 255 g/mol. The van der Waals surface area contributed by atoms with E-state index >= 15 is 0 Å². The third-order valence-electron chi connectivity index (χ3n) is 2.49. The number of halogens is 1. The predicted octanol–water partition coefficient (Wildman–Crippen LogP) is 3.62. The Labute approximate surface area is 104 Å². The van der Waals surface area contributed by atoms with E-state index in [0.717, 1.165) is 29.9 Å². The topological polar surface area (TPSA) is 38.9 Å². The number of rotatable bonds is 5. The van der Waals surface area contributed by atoms with Crippen LogP contribution in [0.2, 0.25) is 5.02 Å². The van der Waals surface area contributed by atoms with E-state index < -0.39 is 0 Å². The lowest BCUT2D eigenvalue weighted by Crippen LogP contribution is -1.98. The van der Waals surface area contributed by atoms with Gasteiger partial charge in [0, 0.05) is 5.02 Å². The maximum Gasteiger partial charge on any atom is 0.0938 e. The molecule has 2 N–H and O–H groups in total. The molecule has 86 valence electrons. The lowest BCUT2D eigenvalue weighted by Gasteiger charge is -1.95. The summed E-state index contributed by atoms with van der Waals surface area (Å²) in [6.07, 6.45) is 4.52. The fourth-order valence-electron chi connectivity index (χ4n) is 1.65. The van der Waals surface area contributed by atoms with Crippen molar-refractivity contribution in [3.8, 4) is 0 Å². The first-order valence-electron chi connectivity index (χ1n) is 5.54. The molecule has 2 nitrogen and oxygen atoms in total. The summed E-state index contributed by atoms with van der Waals surface area (Å²) in [6, 6.07) is 5.88. The summed E-state index contributed by atoms with van der Waals surface area (Å²) >= 11 is 7.69. The number of aryl methyl sites for hydroxylation is 1. The molecular weight excluding hydrogens is 240 g/mol. The number of hydrogen-bond acceptors (Lipinski definition) is 3. The van der Waals surface area contributed by atoms with E-state index in [1.54, 1.807) is 11.3 Å². The van der Waals surface area contributed by atoms with Gasteiger partial charge in [0.2, 0.25) is 0 Å². The summed E-state index contributed by atoms with van der Waals surface area (Å²) in [4.78, 5) is 4.57. The Hall–Kier alpha value is -0.640. The predicted molar refractivity (Wildman–Crippen MR) is 71.2 cm³/mol. The fraction of sp³-hybridized carbons (Fsp3) is 0.417. The van der Waals surface area contributed by atoms with Crippen molar-refractivity contribution >= 4 is 33.2 Å². The molecule has 0 aliphatic heterocycles. The summed E-state index contributed by atoms with van der Waals surface area (Å²) in [6.45, 7) is 0.787. The molecule has 0 radical (unpaired) electrons. The molecule has 0 saturated carbocycles. The zero-order valence-corrected chi connectivity index (χ0v) is 10.7.